The third-order valence-corrected chi connectivity index (χ3v) is 2.08. The second kappa shape index (κ2) is 7.84. The fourth-order valence-corrected chi connectivity index (χ4v) is 1.35. The zero-order chi connectivity index (χ0) is 12.5. The molecule has 0 saturated heterocycles. The Hall–Kier alpha value is -1.36. The van der Waals surface area contributed by atoms with Gasteiger partial charge in [0.05, 0.1) is 6.10 Å². The van der Waals surface area contributed by atoms with Crippen LogP contribution in [0.2, 0.25) is 0 Å². The van der Waals surface area contributed by atoms with Crippen LogP contribution in [0.1, 0.15) is 27.2 Å². The third kappa shape index (κ3) is 6.06. The summed E-state index contributed by atoms with van der Waals surface area (Å²) < 4.78 is 5.50. The van der Waals surface area contributed by atoms with Gasteiger partial charge in [0.15, 0.2) is 0 Å². The molecule has 0 saturated carbocycles. The van der Waals surface area contributed by atoms with Crippen LogP contribution in [-0.4, -0.2) is 35.7 Å². The Bertz CT molecular complexity index is 317. The molecule has 0 fully saturated rings. The lowest BCUT2D eigenvalue weighted by Crippen LogP contribution is -2.17. The lowest BCUT2D eigenvalue weighted by molar-refractivity contribution is 0.232. The van der Waals surface area contributed by atoms with E-state index in [1.165, 1.54) is 6.33 Å². The molecule has 5 heteroatoms. The molecule has 1 heterocycles. The molecule has 0 radical (unpaired) electrons. The molecule has 0 amide bonds. The molecule has 0 aliphatic heterocycles. The molecule has 0 spiro atoms. The van der Waals surface area contributed by atoms with Gasteiger partial charge in [-0.3, -0.25) is 0 Å². The van der Waals surface area contributed by atoms with Crippen LogP contribution in [0.4, 0.5) is 5.82 Å². The first kappa shape index (κ1) is 13.7. The van der Waals surface area contributed by atoms with E-state index in [0.717, 1.165) is 31.9 Å². The quantitative estimate of drug-likeness (QED) is 0.675. The van der Waals surface area contributed by atoms with Gasteiger partial charge in [0.25, 0.3) is 0 Å². The first-order chi connectivity index (χ1) is 8.22. The number of nitrogens with one attached hydrogen (secondary N) is 2. The summed E-state index contributed by atoms with van der Waals surface area (Å²) in [6.45, 7) is 8.99. The summed E-state index contributed by atoms with van der Waals surface area (Å²) in [5.74, 6) is 1.43. The molecule has 0 aliphatic carbocycles. The Morgan fingerprint density at radius 1 is 1.29 bits per heavy atom. The Morgan fingerprint density at radius 2 is 2.12 bits per heavy atom. The van der Waals surface area contributed by atoms with E-state index in [1.807, 2.05) is 19.9 Å². The van der Waals surface area contributed by atoms with Crippen molar-refractivity contribution in [3.8, 4) is 5.88 Å². The molecule has 96 valence electrons. The summed E-state index contributed by atoms with van der Waals surface area (Å²) >= 11 is 0. The predicted octanol–water partition coefficient (Wildman–Crippen LogP) is 1.68. The van der Waals surface area contributed by atoms with E-state index in [1.54, 1.807) is 0 Å². The number of rotatable bonds is 8. The van der Waals surface area contributed by atoms with E-state index in [-0.39, 0.29) is 6.10 Å². The van der Waals surface area contributed by atoms with Gasteiger partial charge in [-0.15, -0.1) is 0 Å². The SMILES string of the molecule is CCNCCCNc1cc(OC(C)C)ncn1. The molecule has 1 aromatic rings. The van der Waals surface area contributed by atoms with Crippen molar-refractivity contribution in [3.63, 3.8) is 0 Å². The molecule has 0 bridgehead atoms. The highest BCUT2D eigenvalue weighted by Crippen LogP contribution is 2.12. The average Bonchev–Trinajstić information content (AvgIpc) is 2.28. The van der Waals surface area contributed by atoms with Crippen LogP contribution in [0.3, 0.4) is 0 Å². The van der Waals surface area contributed by atoms with Crippen molar-refractivity contribution in [2.45, 2.75) is 33.3 Å². The van der Waals surface area contributed by atoms with E-state index in [4.69, 9.17) is 4.74 Å². The number of nitrogens with zero attached hydrogens (tertiary/aromatic N) is 2. The number of aromatic nitrogens is 2. The zero-order valence-corrected chi connectivity index (χ0v) is 10.9. The fourth-order valence-electron chi connectivity index (χ4n) is 1.35. The molecule has 2 N–H and O–H groups in total. The number of ether oxygens (including phenoxy) is 1. The van der Waals surface area contributed by atoms with Crippen LogP contribution in [0.25, 0.3) is 0 Å². The largest absolute Gasteiger partial charge is 0.475 e. The van der Waals surface area contributed by atoms with Crippen LogP contribution < -0.4 is 15.4 Å². The lowest BCUT2D eigenvalue weighted by atomic mass is 10.4. The van der Waals surface area contributed by atoms with Crippen LogP contribution in [0.5, 0.6) is 5.88 Å². The molecular weight excluding hydrogens is 216 g/mol. The molecule has 0 aromatic carbocycles. The second-order valence-corrected chi connectivity index (χ2v) is 4.04. The minimum Gasteiger partial charge on any atom is -0.475 e. The Labute approximate surface area is 103 Å². The predicted molar refractivity (Wildman–Crippen MR) is 69.4 cm³/mol. The minimum atomic E-state index is 0.131. The molecule has 0 atom stereocenters. The fraction of sp³-hybridized carbons (Fsp3) is 0.667. The van der Waals surface area contributed by atoms with Crippen LogP contribution >= 0.6 is 0 Å². The van der Waals surface area contributed by atoms with Crippen molar-refractivity contribution in [3.05, 3.63) is 12.4 Å². The van der Waals surface area contributed by atoms with Crippen molar-refractivity contribution < 1.29 is 4.74 Å². The van der Waals surface area contributed by atoms with Crippen molar-refractivity contribution >= 4 is 5.82 Å². The average molecular weight is 238 g/mol. The van der Waals surface area contributed by atoms with Gasteiger partial charge in [0, 0.05) is 12.6 Å². The highest BCUT2D eigenvalue weighted by Gasteiger charge is 2.01. The van der Waals surface area contributed by atoms with E-state index in [2.05, 4.69) is 27.5 Å². The van der Waals surface area contributed by atoms with Crippen LogP contribution in [0.15, 0.2) is 12.4 Å². The highest BCUT2D eigenvalue weighted by molar-refractivity contribution is 5.36. The van der Waals surface area contributed by atoms with Crippen molar-refractivity contribution in [2.24, 2.45) is 0 Å². The second-order valence-electron chi connectivity index (χ2n) is 4.04. The van der Waals surface area contributed by atoms with E-state index in [0.29, 0.717) is 5.88 Å². The normalized spacial score (nSPS) is 10.6. The maximum Gasteiger partial charge on any atom is 0.218 e. The van der Waals surface area contributed by atoms with Gasteiger partial charge < -0.3 is 15.4 Å². The molecule has 17 heavy (non-hydrogen) atoms. The number of hydrogen-bond acceptors (Lipinski definition) is 5. The molecule has 1 aromatic heterocycles. The topological polar surface area (TPSA) is 59.1 Å². The summed E-state index contributed by atoms with van der Waals surface area (Å²) in [6, 6.07) is 1.83. The zero-order valence-electron chi connectivity index (χ0n) is 10.9. The number of hydrogen-bond donors (Lipinski definition) is 2. The van der Waals surface area contributed by atoms with Crippen molar-refractivity contribution in [1.82, 2.24) is 15.3 Å². The van der Waals surface area contributed by atoms with Crippen LogP contribution in [0, 0.1) is 0 Å². The molecule has 0 aliphatic rings. The highest BCUT2D eigenvalue weighted by atomic mass is 16.5. The Morgan fingerprint density at radius 3 is 2.82 bits per heavy atom. The van der Waals surface area contributed by atoms with E-state index in [9.17, 15) is 0 Å². The van der Waals surface area contributed by atoms with Gasteiger partial charge in [0.2, 0.25) is 5.88 Å². The van der Waals surface area contributed by atoms with Gasteiger partial charge in [-0.2, -0.15) is 0 Å². The van der Waals surface area contributed by atoms with Gasteiger partial charge in [-0.25, -0.2) is 9.97 Å². The molecule has 0 unspecified atom stereocenters. The summed E-state index contributed by atoms with van der Waals surface area (Å²) in [5.41, 5.74) is 0. The smallest absolute Gasteiger partial charge is 0.218 e. The molecule has 1 rings (SSSR count). The van der Waals surface area contributed by atoms with Crippen molar-refractivity contribution in [1.29, 1.82) is 0 Å². The first-order valence-electron chi connectivity index (χ1n) is 6.15. The van der Waals surface area contributed by atoms with Crippen molar-refractivity contribution in [2.75, 3.05) is 25.0 Å². The molecule has 5 nitrogen and oxygen atoms in total. The summed E-state index contributed by atoms with van der Waals surface area (Å²) in [5, 5.41) is 6.52. The third-order valence-electron chi connectivity index (χ3n) is 2.08. The van der Waals surface area contributed by atoms with E-state index >= 15 is 0 Å². The minimum absolute atomic E-state index is 0.131. The van der Waals surface area contributed by atoms with Gasteiger partial charge in [0.1, 0.15) is 12.1 Å². The molecular formula is C12H22N4O. The van der Waals surface area contributed by atoms with Gasteiger partial charge >= 0.3 is 0 Å². The maximum absolute atomic E-state index is 5.50. The summed E-state index contributed by atoms with van der Waals surface area (Å²) in [6.07, 6.45) is 2.72. The summed E-state index contributed by atoms with van der Waals surface area (Å²) in [4.78, 5) is 8.19. The lowest BCUT2D eigenvalue weighted by Gasteiger charge is -2.10. The first-order valence-corrected chi connectivity index (χ1v) is 6.15. The monoisotopic (exact) mass is 238 g/mol. The Kier molecular flexibility index (Phi) is 6.32. The van der Waals surface area contributed by atoms with Crippen LogP contribution in [-0.2, 0) is 0 Å². The van der Waals surface area contributed by atoms with E-state index < -0.39 is 0 Å². The standard InChI is InChI=1S/C12H22N4O/c1-4-13-6-5-7-14-11-8-12(16-9-15-11)17-10(2)3/h8-10,13H,4-7H2,1-3H3,(H,14,15,16). The number of anilines is 1. The maximum atomic E-state index is 5.50. The van der Waals surface area contributed by atoms with Gasteiger partial charge in [-0.05, 0) is 33.4 Å². The van der Waals surface area contributed by atoms with Gasteiger partial charge in [-0.1, -0.05) is 6.92 Å². The summed E-state index contributed by atoms with van der Waals surface area (Å²) in [7, 11) is 0. The Balaban J connectivity index is 2.32.